The van der Waals surface area contributed by atoms with Crippen molar-refractivity contribution in [1.82, 2.24) is 4.90 Å². The monoisotopic (exact) mass is 407 g/mol. The number of carbonyl (C=O) groups excluding carboxylic acids is 3. The van der Waals surface area contributed by atoms with Crippen LogP contribution in [0.2, 0.25) is 0 Å². The third kappa shape index (κ3) is 4.60. The van der Waals surface area contributed by atoms with Gasteiger partial charge in [0.25, 0.3) is 0 Å². The smallest absolute Gasteiger partial charge is 0.345 e. The molecule has 4 rings (SSSR count). The van der Waals surface area contributed by atoms with Crippen molar-refractivity contribution in [2.45, 2.75) is 37.8 Å². The highest BCUT2D eigenvalue weighted by Crippen LogP contribution is 2.35. The summed E-state index contributed by atoms with van der Waals surface area (Å²) in [6.45, 7) is 1.09. The molecule has 0 bridgehead atoms. The fourth-order valence-electron chi connectivity index (χ4n) is 4.41. The third-order valence-electron chi connectivity index (χ3n) is 6.02. The number of piperidine rings is 1. The molecular weight excluding hydrogens is 382 g/mol. The standard InChI is InChI=1S/C24H25NO5/c26-22(17-7-3-1-4-8-17)29-16-21-12-11-20-15-19(13-14-25(20)21)24(28)30-23(27)18-9-5-2-6-10-18/h1-10,19-21H,11-16H2/t19?,20?,21-/m0/s1. The summed E-state index contributed by atoms with van der Waals surface area (Å²) in [5, 5.41) is 0. The molecule has 2 unspecified atom stereocenters. The largest absolute Gasteiger partial charge is 0.460 e. The maximum Gasteiger partial charge on any atom is 0.345 e. The minimum atomic E-state index is -0.597. The summed E-state index contributed by atoms with van der Waals surface area (Å²) in [6.07, 6.45) is 3.19. The van der Waals surface area contributed by atoms with Gasteiger partial charge in [0, 0.05) is 12.1 Å². The van der Waals surface area contributed by atoms with Gasteiger partial charge in [-0.1, -0.05) is 36.4 Å². The number of rotatable bonds is 5. The highest BCUT2D eigenvalue weighted by molar-refractivity contribution is 5.97. The van der Waals surface area contributed by atoms with Crippen molar-refractivity contribution in [3.63, 3.8) is 0 Å². The molecule has 0 radical (unpaired) electrons. The second-order valence-corrected chi connectivity index (χ2v) is 7.88. The average Bonchev–Trinajstić information content (AvgIpc) is 3.20. The molecule has 0 spiro atoms. The first kappa shape index (κ1) is 20.3. The van der Waals surface area contributed by atoms with Crippen LogP contribution in [0.1, 0.15) is 46.4 Å². The fraction of sp³-hybridized carbons (Fsp3) is 0.375. The van der Waals surface area contributed by atoms with E-state index in [-0.39, 0.29) is 24.0 Å². The topological polar surface area (TPSA) is 72.9 Å². The van der Waals surface area contributed by atoms with Gasteiger partial charge in [-0.2, -0.15) is 0 Å². The number of ether oxygens (including phenoxy) is 2. The highest BCUT2D eigenvalue weighted by Gasteiger charge is 2.41. The zero-order valence-corrected chi connectivity index (χ0v) is 16.7. The lowest BCUT2D eigenvalue weighted by Crippen LogP contribution is -2.46. The van der Waals surface area contributed by atoms with Crippen molar-refractivity contribution in [2.75, 3.05) is 13.2 Å². The van der Waals surface area contributed by atoms with E-state index in [1.54, 1.807) is 36.4 Å². The van der Waals surface area contributed by atoms with Crippen molar-refractivity contribution < 1.29 is 23.9 Å². The lowest BCUT2D eigenvalue weighted by Gasteiger charge is -2.36. The summed E-state index contributed by atoms with van der Waals surface area (Å²) < 4.78 is 10.6. The van der Waals surface area contributed by atoms with Gasteiger partial charge in [-0.05, 0) is 56.5 Å². The van der Waals surface area contributed by atoms with E-state index in [9.17, 15) is 14.4 Å². The molecule has 0 amide bonds. The number of carbonyl (C=O) groups is 3. The van der Waals surface area contributed by atoms with Crippen LogP contribution in [0.4, 0.5) is 0 Å². The predicted molar refractivity (Wildman–Crippen MR) is 110 cm³/mol. The van der Waals surface area contributed by atoms with Crippen LogP contribution in [0.5, 0.6) is 0 Å². The molecule has 2 aliphatic heterocycles. The lowest BCUT2D eigenvalue weighted by atomic mass is 9.91. The van der Waals surface area contributed by atoms with Crippen LogP contribution in [-0.4, -0.2) is 48.0 Å². The summed E-state index contributed by atoms with van der Waals surface area (Å²) in [5.41, 5.74) is 0.932. The van der Waals surface area contributed by atoms with Gasteiger partial charge in [-0.25, -0.2) is 9.59 Å². The van der Waals surface area contributed by atoms with E-state index in [0.29, 0.717) is 30.6 Å². The van der Waals surface area contributed by atoms with Gasteiger partial charge in [0.2, 0.25) is 0 Å². The van der Waals surface area contributed by atoms with Crippen molar-refractivity contribution in [3.8, 4) is 0 Å². The van der Waals surface area contributed by atoms with Gasteiger partial charge >= 0.3 is 17.9 Å². The molecule has 2 aromatic rings. The molecule has 2 aliphatic rings. The summed E-state index contributed by atoms with van der Waals surface area (Å²) in [5.74, 6) is -1.62. The second kappa shape index (κ2) is 9.22. The van der Waals surface area contributed by atoms with E-state index in [4.69, 9.17) is 9.47 Å². The SMILES string of the molecule is O=C(OC[C@@H]1CCC2CC(C(=O)OC(=O)c3ccccc3)CCN21)c1ccccc1. The first-order valence-electron chi connectivity index (χ1n) is 10.4. The fourth-order valence-corrected chi connectivity index (χ4v) is 4.41. The molecule has 6 heteroatoms. The maximum atomic E-state index is 12.5. The van der Waals surface area contributed by atoms with Crippen LogP contribution in [0, 0.1) is 5.92 Å². The molecule has 2 heterocycles. The van der Waals surface area contributed by atoms with Gasteiger partial charge in [-0.15, -0.1) is 0 Å². The maximum absolute atomic E-state index is 12.5. The molecule has 0 aliphatic carbocycles. The van der Waals surface area contributed by atoms with Gasteiger partial charge in [-0.3, -0.25) is 9.69 Å². The zero-order valence-electron chi connectivity index (χ0n) is 16.7. The van der Waals surface area contributed by atoms with E-state index in [1.807, 2.05) is 24.3 Å². The van der Waals surface area contributed by atoms with Gasteiger partial charge in [0.1, 0.15) is 6.61 Å². The Kier molecular flexibility index (Phi) is 6.23. The summed E-state index contributed by atoms with van der Waals surface area (Å²) in [4.78, 5) is 39.2. The highest BCUT2D eigenvalue weighted by atomic mass is 16.6. The zero-order chi connectivity index (χ0) is 20.9. The summed E-state index contributed by atoms with van der Waals surface area (Å²) in [6, 6.07) is 18.0. The second-order valence-electron chi connectivity index (χ2n) is 7.88. The number of hydrogen-bond acceptors (Lipinski definition) is 6. The van der Waals surface area contributed by atoms with Crippen molar-refractivity contribution >= 4 is 17.9 Å². The summed E-state index contributed by atoms with van der Waals surface area (Å²) >= 11 is 0. The molecule has 0 aromatic heterocycles. The Labute approximate surface area is 175 Å². The molecule has 6 nitrogen and oxygen atoms in total. The van der Waals surface area contributed by atoms with E-state index < -0.39 is 11.9 Å². The van der Waals surface area contributed by atoms with E-state index in [0.717, 1.165) is 19.4 Å². The predicted octanol–water partition coefficient (Wildman–Crippen LogP) is 3.47. The normalized spacial score (nSPS) is 23.4. The quantitative estimate of drug-likeness (QED) is 0.558. The Bertz CT molecular complexity index is 898. The molecule has 2 aromatic carbocycles. The molecule has 30 heavy (non-hydrogen) atoms. The van der Waals surface area contributed by atoms with Crippen molar-refractivity contribution in [1.29, 1.82) is 0 Å². The molecular formula is C24H25NO5. The molecule has 0 saturated carbocycles. The molecule has 2 saturated heterocycles. The lowest BCUT2D eigenvalue weighted by molar-refractivity contribution is -0.145. The van der Waals surface area contributed by atoms with Crippen LogP contribution < -0.4 is 0 Å². The Morgan fingerprint density at radius 1 is 0.833 bits per heavy atom. The number of hydrogen-bond donors (Lipinski definition) is 0. The van der Waals surface area contributed by atoms with Crippen LogP contribution in [0.25, 0.3) is 0 Å². The Balaban J connectivity index is 1.27. The van der Waals surface area contributed by atoms with E-state index in [2.05, 4.69) is 4.90 Å². The third-order valence-corrected chi connectivity index (χ3v) is 6.02. The molecule has 0 N–H and O–H groups in total. The number of benzene rings is 2. The Hall–Kier alpha value is -2.99. The van der Waals surface area contributed by atoms with Crippen LogP contribution in [0.3, 0.4) is 0 Å². The van der Waals surface area contributed by atoms with Gasteiger partial charge in [0.15, 0.2) is 0 Å². The Morgan fingerprint density at radius 3 is 2.13 bits per heavy atom. The first-order chi connectivity index (χ1) is 14.6. The number of fused-ring (bicyclic) bond motifs is 1. The summed E-state index contributed by atoms with van der Waals surface area (Å²) in [7, 11) is 0. The molecule has 3 atom stereocenters. The minimum absolute atomic E-state index is 0.172. The van der Waals surface area contributed by atoms with Gasteiger partial charge in [0.05, 0.1) is 17.0 Å². The Morgan fingerprint density at radius 2 is 1.47 bits per heavy atom. The van der Waals surface area contributed by atoms with Crippen LogP contribution >= 0.6 is 0 Å². The minimum Gasteiger partial charge on any atom is -0.460 e. The van der Waals surface area contributed by atoms with Crippen molar-refractivity contribution in [3.05, 3.63) is 71.8 Å². The van der Waals surface area contributed by atoms with Gasteiger partial charge < -0.3 is 9.47 Å². The molecule has 156 valence electrons. The molecule has 2 fully saturated rings. The average molecular weight is 407 g/mol. The van der Waals surface area contributed by atoms with E-state index in [1.165, 1.54) is 0 Å². The van der Waals surface area contributed by atoms with E-state index >= 15 is 0 Å². The number of nitrogens with zero attached hydrogens (tertiary/aromatic N) is 1. The van der Waals surface area contributed by atoms with Crippen LogP contribution in [0.15, 0.2) is 60.7 Å². The first-order valence-corrected chi connectivity index (χ1v) is 10.4. The van der Waals surface area contributed by atoms with Crippen molar-refractivity contribution in [2.24, 2.45) is 5.92 Å². The van der Waals surface area contributed by atoms with Crippen LogP contribution in [-0.2, 0) is 14.3 Å². The number of esters is 3.